The zero-order valence-corrected chi connectivity index (χ0v) is 13.3. The van der Waals surface area contributed by atoms with Gasteiger partial charge in [0.2, 0.25) is 0 Å². The Morgan fingerprint density at radius 1 is 1.35 bits per heavy atom. The van der Waals surface area contributed by atoms with Crippen LogP contribution in [0.5, 0.6) is 0 Å². The predicted octanol–water partition coefficient (Wildman–Crippen LogP) is 4.41. The monoisotopic (exact) mass is 292 g/mol. The van der Waals surface area contributed by atoms with Crippen LogP contribution in [0.2, 0.25) is 0 Å². The normalized spacial score (nSPS) is 28.9. The zero-order valence-electron chi connectivity index (χ0n) is 13.3. The summed E-state index contributed by atoms with van der Waals surface area (Å²) in [5.41, 5.74) is -1.25. The van der Waals surface area contributed by atoms with Crippen LogP contribution >= 0.6 is 0 Å². The lowest BCUT2D eigenvalue weighted by Gasteiger charge is -2.34. The Labute approximate surface area is 121 Å². The van der Waals surface area contributed by atoms with Crippen LogP contribution in [0.15, 0.2) is 0 Å². The van der Waals surface area contributed by atoms with Crippen LogP contribution in [0.3, 0.4) is 0 Å². The van der Waals surface area contributed by atoms with Gasteiger partial charge in [0.1, 0.15) is 0 Å². The van der Waals surface area contributed by atoms with Gasteiger partial charge in [-0.2, -0.15) is 0 Å². The van der Waals surface area contributed by atoms with E-state index in [-0.39, 0.29) is 11.8 Å². The molecule has 0 spiro atoms. The van der Waals surface area contributed by atoms with Crippen LogP contribution in [0, 0.1) is 10.8 Å². The first-order valence-corrected chi connectivity index (χ1v) is 7.79. The Morgan fingerprint density at radius 2 is 1.95 bits per heavy atom. The van der Waals surface area contributed by atoms with Crippen molar-refractivity contribution in [3.05, 3.63) is 0 Å². The van der Waals surface area contributed by atoms with Gasteiger partial charge >= 0.3 is 0 Å². The van der Waals surface area contributed by atoms with E-state index in [1.165, 1.54) is 0 Å². The SMILES string of the molecule is CCCCC(O)CC(C)(COC)CC1(CC)CC1(F)F. The fourth-order valence-corrected chi connectivity index (χ4v) is 3.54. The van der Waals surface area contributed by atoms with Gasteiger partial charge in [0.15, 0.2) is 0 Å². The zero-order chi connectivity index (χ0) is 15.4. The van der Waals surface area contributed by atoms with Gasteiger partial charge in [-0.25, -0.2) is 8.78 Å². The summed E-state index contributed by atoms with van der Waals surface area (Å²) in [4.78, 5) is 0. The quantitative estimate of drug-likeness (QED) is 0.646. The minimum atomic E-state index is -2.54. The topological polar surface area (TPSA) is 29.5 Å². The highest BCUT2D eigenvalue weighted by Gasteiger charge is 2.70. The molecule has 0 saturated heterocycles. The van der Waals surface area contributed by atoms with Gasteiger partial charge in [0.05, 0.1) is 12.7 Å². The predicted molar refractivity (Wildman–Crippen MR) is 77.0 cm³/mol. The number of aliphatic hydroxyl groups excluding tert-OH is 1. The van der Waals surface area contributed by atoms with Crippen LogP contribution in [-0.4, -0.2) is 30.8 Å². The Hall–Kier alpha value is -0.220. The van der Waals surface area contributed by atoms with Crippen LogP contribution in [0.1, 0.15) is 65.7 Å². The minimum absolute atomic E-state index is 0.0130. The summed E-state index contributed by atoms with van der Waals surface area (Å²) in [6.07, 6.45) is 3.78. The van der Waals surface area contributed by atoms with Gasteiger partial charge in [-0.15, -0.1) is 0 Å². The lowest BCUT2D eigenvalue weighted by atomic mass is 9.74. The highest BCUT2D eigenvalue weighted by Crippen LogP contribution is 2.67. The van der Waals surface area contributed by atoms with Crippen molar-refractivity contribution >= 4 is 0 Å². The molecule has 0 heterocycles. The summed E-state index contributed by atoms with van der Waals surface area (Å²) in [7, 11) is 1.60. The Morgan fingerprint density at radius 3 is 2.35 bits per heavy atom. The molecule has 3 atom stereocenters. The van der Waals surface area contributed by atoms with Crippen molar-refractivity contribution in [1.29, 1.82) is 0 Å². The van der Waals surface area contributed by atoms with Crippen molar-refractivity contribution in [2.75, 3.05) is 13.7 Å². The van der Waals surface area contributed by atoms with Gasteiger partial charge in [0, 0.05) is 18.9 Å². The average molecular weight is 292 g/mol. The third-order valence-electron chi connectivity index (χ3n) is 4.77. The molecular formula is C16H30F2O2. The van der Waals surface area contributed by atoms with Crippen molar-refractivity contribution in [3.63, 3.8) is 0 Å². The van der Waals surface area contributed by atoms with E-state index in [1.54, 1.807) is 7.11 Å². The van der Waals surface area contributed by atoms with Crippen LogP contribution < -0.4 is 0 Å². The number of hydrogen-bond acceptors (Lipinski definition) is 2. The smallest absolute Gasteiger partial charge is 0.254 e. The molecule has 4 heteroatoms. The summed E-state index contributed by atoms with van der Waals surface area (Å²) in [6.45, 7) is 6.31. The fourth-order valence-electron chi connectivity index (χ4n) is 3.54. The molecular weight excluding hydrogens is 262 g/mol. The molecule has 1 rings (SSSR count). The Balaban J connectivity index is 2.67. The van der Waals surface area contributed by atoms with Crippen LogP contribution in [0.4, 0.5) is 8.78 Å². The summed E-state index contributed by atoms with van der Waals surface area (Å²) in [5, 5.41) is 10.1. The molecule has 1 aliphatic rings. The van der Waals surface area contributed by atoms with E-state index in [0.717, 1.165) is 19.3 Å². The first-order chi connectivity index (χ1) is 9.24. The fraction of sp³-hybridized carbons (Fsp3) is 1.00. The molecule has 1 aliphatic carbocycles. The lowest BCUT2D eigenvalue weighted by Crippen LogP contribution is -2.32. The lowest BCUT2D eigenvalue weighted by molar-refractivity contribution is -0.0109. The van der Waals surface area contributed by atoms with Crippen molar-refractivity contribution in [1.82, 2.24) is 0 Å². The van der Waals surface area contributed by atoms with Gasteiger partial charge in [-0.3, -0.25) is 0 Å². The summed E-state index contributed by atoms with van der Waals surface area (Å²) in [5.74, 6) is -2.54. The highest BCUT2D eigenvalue weighted by atomic mass is 19.3. The highest BCUT2D eigenvalue weighted by molar-refractivity contribution is 5.11. The number of hydrogen-bond donors (Lipinski definition) is 1. The average Bonchev–Trinajstić information content (AvgIpc) is 2.88. The second-order valence-electron chi connectivity index (χ2n) is 6.94. The third-order valence-corrected chi connectivity index (χ3v) is 4.77. The number of ether oxygens (including phenoxy) is 1. The largest absolute Gasteiger partial charge is 0.393 e. The van der Waals surface area contributed by atoms with Gasteiger partial charge in [0.25, 0.3) is 5.92 Å². The molecule has 0 amide bonds. The van der Waals surface area contributed by atoms with E-state index < -0.39 is 17.4 Å². The van der Waals surface area contributed by atoms with E-state index >= 15 is 0 Å². The first-order valence-electron chi connectivity index (χ1n) is 7.79. The number of halogens is 2. The number of methoxy groups -OCH3 is 1. The standard InChI is InChI=1S/C16H30F2O2/c1-5-7-8-13(19)9-14(3,12-20-4)10-15(6-2)11-16(15,17)18/h13,19H,5-12H2,1-4H3. The van der Waals surface area contributed by atoms with E-state index in [4.69, 9.17) is 4.74 Å². The van der Waals surface area contributed by atoms with Gasteiger partial charge in [-0.1, -0.05) is 33.6 Å². The van der Waals surface area contributed by atoms with E-state index in [1.807, 2.05) is 13.8 Å². The maximum Gasteiger partial charge on any atom is 0.254 e. The van der Waals surface area contributed by atoms with Gasteiger partial charge < -0.3 is 9.84 Å². The second kappa shape index (κ2) is 6.69. The molecule has 0 aliphatic heterocycles. The van der Waals surface area contributed by atoms with Crippen molar-refractivity contribution in [2.45, 2.75) is 77.7 Å². The minimum Gasteiger partial charge on any atom is -0.393 e. The van der Waals surface area contributed by atoms with E-state index in [2.05, 4.69) is 6.92 Å². The molecule has 20 heavy (non-hydrogen) atoms. The molecule has 0 aromatic heterocycles. The van der Waals surface area contributed by atoms with Crippen molar-refractivity contribution in [3.8, 4) is 0 Å². The van der Waals surface area contributed by atoms with Crippen molar-refractivity contribution in [2.24, 2.45) is 10.8 Å². The van der Waals surface area contributed by atoms with E-state index in [9.17, 15) is 13.9 Å². The molecule has 1 fully saturated rings. The second-order valence-corrected chi connectivity index (χ2v) is 6.94. The Bertz CT molecular complexity index is 309. The maximum atomic E-state index is 13.7. The van der Waals surface area contributed by atoms with Crippen LogP contribution in [0.25, 0.3) is 0 Å². The molecule has 0 bridgehead atoms. The molecule has 1 saturated carbocycles. The molecule has 3 unspecified atom stereocenters. The van der Waals surface area contributed by atoms with Crippen LogP contribution in [-0.2, 0) is 4.74 Å². The summed E-state index contributed by atoms with van der Waals surface area (Å²) >= 11 is 0. The van der Waals surface area contributed by atoms with Crippen molar-refractivity contribution < 1.29 is 18.6 Å². The number of unbranched alkanes of at least 4 members (excludes halogenated alkanes) is 1. The van der Waals surface area contributed by atoms with Gasteiger partial charge in [-0.05, 0) is 31.1 Å². The molecule has 1 N–H and O–H groups in total. The molecule has 0 aromatic carbocycles. The molecule has 120 valence electrons. The number of alkyl halides is 2. The molecule has 0 radical (unpaired) electrons. The third kappa shape index (κ3) is 4.14. The summed E-state index contributed by atoms with van der Waals surface area (Å²) in [6, 6.07) is 0. The maximum absolute atomic E-state index is 13.7. The first kappa shape index (κ1) is 17.8. The number of rotatable bonds is 10. The molecule has 0 aromatic rings. The Kier molecular flexibility index (Phi) is 5.97. The van der Waals surface area contributed by atoms with E-state index in [0.29, 0.717) is 25.9 Å². The molecule has 2 nitrogen and oxygen atoms in total. The number of aliphatic hydroxyl groups is 1. The summed E-state index contributed by atoms with van der Waals surface area (Å²) < 4.78 is 32.6.